The lowest BCUT2D eigenvalue weighted by molar-refractivity contribution is -0.0509. The minimum absolute atomic E-state index is 0.0176. The Morgan fingerprint density at radius 1 is 1.26 bits per heavy atom. The molecule has 0 amide bonds. The Hall–Kier alpha value is -2.89. The molecule has 1 aliphatic heterocycles. The molecule has 2 aromatic rings. The molecule has 1 saturated heterocycles. The average molecular weight is 570 g/mol. The summed E-state index contributed by atoms with van der Waals surface area (Å²) in [5.74, 6) is 7.99. The molecule has 0 bridgehead atoms. The number of anilines is 1. The van der Waals surface area contributed by atoms with Gasteiger partial charge in [-0.25, -0.2) is 4.79 Å². The normalized spacial score (nSPS) is 19.0. The van der Waals surface area contributed by atoms with Gasteiger partial charge in [0, 0.05) is 40.6 Å². The third-order valence-corrected chi connectivity index (χ3v) is 6.74. The summed E-state index contributed by atoms with van der Waals surface area (Å²) in [4.78, 5) is 25.5. The molecule has 1 aromatic carbocycles. The number of thioether (sulfide) groups is 1. The van der Waals surface area contributed by atoms with Crippen molar-refractivity contribution >= 4 is 25.8 Å². The fraction of sp³-hybridized carbons (Fsp3) is 0.478. The molecule has 2 unspecified atom stereocenters. The topological polar surface area (TPSA) is 180 Å². The summed E-state index contributed by atoms with van der Waals surface area (Å²) in [6.45, 7) is -0.103. The van der Waals surface area contributed by atoms with Crippen LogP contribution >= 0.6 is 20.0 Å². The molecule has 1 aromatic heterocycles. The number of methoxy groups -OCH3 is 3. The summed E-state index contributed by atoms with van der Waals surface area (Å²) in [5, 5.41) is 0. The fourth-order valence-electron chi connectivity index (χ4n) is 3.76. The summed E-state index contributed by atoms with van der Waals surface area (Å²) >= 11 is 1.45. The van der Waals surface area contributed by atoms with Gasteiger partial charge in [-0.2, -0.15) is 4.98 Å². The van der Waals surface area contributed by atoms with Gasteiger partial charge in [-0.15, -0.1) is 21.2 Å². The van der Waals surface area contributed by atoms with E-state index in [1.807, 2.05) is 0 Å². The van der Waals surface area contributed by atoms with Crippen molar-refractivity contribution in [2.24, 2.45) is 5.73 Å². The zero-order valence-electron chi connectivity index (χ0n) is 21.1. The molecule has 2 heterocycles. The third-order valence-electron chi connectivity index (χ3n) is 5.58. The molecule has 0 radical (unpaired) electrons. The Labute approximate surface area is 224 Å². The number of nitrogens with two attached hydrogens (primary N) is 2. The first-order valence-electron chi connectivity index (χ1n) is 11.3. The quantitative estimate of drug-likeness (QED) is 0.145. The van der Waals surface area contributed by atoms with E-state index >= 15 is 0 Å². The first-order valence-corrected chi connectivity index (χ1v) is 13.6. The molecule has 206 valence electrons. The second-order valence-electron chi connectivity index (χ2n) is 7.82. The van der Waals surface area contributed by atoms with Crippen molar-refractivity contribution in [2.45, 2.75) is 30.6 Å². The molecular formula is C23H30N4O9PS+. The summed E-state index contributed by atoms with van der Waals surface area (Å²) in [6, 6.07) is 3.53. The van der Waals surface area contributed by atoms with E-state index in [1.54, 1.807) is 33.5 Å². The van der Waals surface area contributed by atoms with Crippen LogP contribution in [0.5, 0.6) is 17.2 Å². The number of nitrogen functional groups attached to an aromatic ring is 1. The van der Waals surface area contributed by atoms with Gasteiger partial charge >= 0.3 is 13.9 Å². The molecule has 1 fully saturated rings. The van der Waals surface area contributed by atoms with Crippen molar-refractivity contribution < 1.29 is 37.7 Å². The van der Waals surface area contributed by atoms with E-state index < -0.39 is 32.4 Å². The minimum atomic E-state index is -2.85. The highest BCUT2D eigenvalue weighted by Gasteiger charge is 2.39. The average Bonchev–Trinajstić information content (AvgIpc) is 3.31. The number of aromatic nitrogens is 2. The van der Waals surface area contributed by atoms with Gasteiger partial charge in [-0.1, -0.05) is 11.8 Å². The van der Waals surface area contributed by atoms with E-state index in [2.05, 4.69) is 16.8 Å². The molecule has 0 saturated carbocycles. The number of rotatable bonds is 12. The maximum Gasteiger partial charge on any atom is 0.694 e. The predicted molar refractivity (Wildman–Crippen MR) is 140 cm³/mol. The molecule has 4 atom stereocenters. The van der Waals surface area contributed by atoms with Gasteiger partial charge in [-0.3, -0.25) is 4.57 Å². The number of hydrogen-bond donors (Lipinski definition) is 3. The second kappa shape index (κ2) is 14.3. The van der Waals surface area contributed by atoms with Crippen molar-refractivity contribution in [1.82, 2.24) is 9.55 Å². The summed E-state index contributed by atoms with van der Waals surface area (Å²) in [5.41, 5.74) is 11.8. The van der Waals surface area contributed by atoms with Crippen LogP contribution in [-0.4, -0.2) is 67.1 Å². The third kappa shape index (κ3) is 7.58. The molecule has 0 spiro atoms. The van der Waals surface area contributed by atoms with E-state index in [0.29, 0.717) is 28.6 Å². The van der Waals surface area contributed by atoms with Crippen molar-refractivity contribution in [3.05, 3.63) is 39.9 Å². The number of ether oxygens (including phenoxy) is 5. The predicted octanol–water partition coefficient (Wildman–Crippen LogP) is 1.39. The van der Waals surface area contributed by atoms with Crippen molar-refractivity contribution in [1.29, 1.82) is 0 Å². The maximum absolute atomic E-state index is 12.5. The maximum atomic E-state index is 12.5. The van der Waals surface area contributed by atoms with Gasteiger partial charge in [0.2, 0.25) is 0 Å². The monoisotopic (exact) mass is 569 g/mol. The standard InChI is InChI=1S/C23H29N4O9PS/c1-31-15-7-17(32-2)16(18(8-15)33-3)12-38-13-34-19-9-21(36-20(19)11-35-37(29)30)27-10-14(5-4-6-24)22(25)26-23(27)28/h7-8,10,19-21H,6,9,11-13,24H2,1-3H3,(H2-,25,26,28,29,30)/p+1/t19?,20-,21-/m1/s1. The van der Waals surface area contributed by atoms with Crippen LogP contribution in [0.25, 0.3) is 0 Å². The number of hydrogen-bond acceptors (Lipinski definition) is 12. The van der Waals surface area contributed by atoms with Crippen LogP contribution in [-0.2, 0) is 24.3 Å². The Bertz CT molecular complexity index is 1220. The second-order valence-corrected chi connectivity index (χ2v) is 9.48. The molecule has 1 aliphatic rings. The fourth-order valence-corrected chi connectivity index (χ4v) is 4.88. The molecule has 38 heavy (non-hydrogen) atoms. The molecule has 15 heteroatoms. The van der Waals surface area contributed by atoms with E-state index in [9.17, 15) is 9.36 Å². The first-order chi connectivity index (χ1) is 18.3. The van der Waals surface area contributed by atoms with Crippen LogP contribution in [0, 0.1) is 11.8 Å². The molecule has 5 N–H and O–H groups in total. The van der Waals surface area contributed by atoms with Gasteiger partial charge in [0.1, 0.15) is 42.0 Å². The SMILES string of the molecule is COc1cc(OC)c(CSCOC2C[C@H](n3cc(C#CCN)c(N)nc3=O)O[C@@H]2CO[P+](=O)O)c(OC)c1. The Morgan fingerprint density at radius 2 is 1.97 bits per heavy atom. The zero-order chi connectivity index (χ0) is 27.7. The lowest BCUT2D eigenvalue weighted by Crippen LogP contribution is -2.29. The van der Waals surface area contributed by atoms with E-state index in [-0.39, 0.29) is 31.3 Å². The molecule has 13 nitrogen and oxygen atoms in total. The van der Waals surface area contributed by atoms with Crippen LogP contribution in [0.3, 0.4) is 0 Å². The highest BCUT2D eigenvalue weighted by atomic mass is 32.2. The van der Waals surface area contributed by atoms with Crippen molar-refractivity contribution in [3.63, 3.8) is 0 Å². The van der Waals surface area contributed by atoms with Crippen LogP contribution in [0.1, 0.15) is 23.8 Å². The van der Waals surface area contributed by atoms with E-state index in [0.717, 1.165) is 5.56 Å². The van der Waals surface area contributed by atoms with Crippen molar-refractivity contribution in [2.75, 3.05) is 46.2 Å². The summed E-state index contributed by atoms with van der Waals surface area (Å²) in [7, 11) is 1.84. The van der Waals surface area contributed by atoms with Crippen LogP contribution in [0.15, 0.2) is 23.1 Å². The van der Waals surface area contributed by atoms with E-state index in [1.165, 1.54) is 22.5 Å². The Morgan fingerprint density at radius 3 is 2.58 bits per heavy atom. The lowest BCUT2D eigenvalue weighted by atomic mass is 10.2. The van der Waals surface area contributed by atoms with Crippen molar-refractivity contribution in [3.8, 4) is 29.1 Å². The molecule has 3 rings (SSSR count). The number of benzene rings is 1. The molecular weight excluding hydrogens is 539 g/mol. The highest BCUT2D eigenvalue weighted by Crippen LogP contribution is 2.37. The van der Waals surface area contributed by atoms with Gasteiger partial charge in [0.05, 0.1) is 45.5 Å². The summed E-state index contributed by atoms with van der Waals surface area (Å²) < 4.78 is 45.5. The van der Waals surface area contributed by atoms with Gasteiger partial charge in [0.15, 0.2) is 0 Å². The van der Waals surface area contributed by atoms with Crippen LogP contribution in [0.4, 0.5) is 5.82 Å². The Kier molecular flexibility index (Phi) is 11.2. The van der Waals surface area contributed by atoms with Gasteiger partial charge in [0.25, 0.3) is 0 Å². The summed E-state index contributed by atoms with van der Waals surface area (Å²) in [6.07, 6.45) is -0.357. The smallest absolute Gasteiger partial charge is 0.496 e. The Balaban J connectivity index is 1.72. The van der Waals surface area contributed by atoms with E-state index in [4.69, 9.17) is 44.6 Å². The van der Waals surface area contributed by atoms with Crippen LogP contribution < -0.4 is 31.4 Å². The van der Waals surface area contributed by atoms with Gasteiger partial charge in [-0.05, 0) is 0 Å². The van der Waals surface area contributed by atoms with Gasteiger partial charge < -0.3 is 35.2 Å². The zero-order valence-corrected chi connectivity index (χ0v) is 22.8. The largest absolute Gasteiger partial charge is 0.694 e. The lowest BCUT2D eigenvalue weighted by Gasteiger charge is -2.17. The number of nitrogens with zero attached hydrogens (tertiary/aromatic N) is 2. The first kappa shape index (κ1) is 29.7. The highest BCUT2D eigenvalue weighted by molar-refractivity contribution is 7.98. The molecule has 0 aliphatic carbocycles. The van der Waals surface area contributed by atoms with Crippen LogP contribution in [0.2, 0.25) is 0 Å². The minimum Gasteiger partial charge on any atom is -0.496 e.